The van der Waals surface area contributed by atoms with E-state index in [-0.39, 0.29) is 0 Å². The number of nitrogens with zero attached hydrogens (tertiary/aromatic N) is 2. The lowest BCUT2D eigenvalue weighted by Crippen LogP contribution is -2.26. The van der Waals surface area contributed by atoms with Crippen molar-refractivity contribution in [3.8, 4) is 0 Å². The molecule has 0 amide bonds. The number of benzene rings is 1. The second-order valence-corrected chi connectivity index (χ2v) is 6.53. The number of allylic oxidation sites excluding steroid dienone is 3. The molecule has 0 saturated heterocycles. The predicted molar refractivity (Wildman–Crippen MR) is 96.0 cm³/mol. The van der Waals surface area contributed by atoms with Gasteiger partial charge in [0.1, 0.15) is 0 Å². The van der Waals surface area contributed by atoms with Crippen molar-refractivity contribution in [3.63, 3.8) is 0 Å². The van der Waals surface area contributed by atoms with E-state index in [0.29, 0.717) is 5.92 Å². The molecule has 1 aliphatic heterocycles. The highest BCUT2D eigenvalue weighted by Crippen LogP contribution is 2.31. The van der Waals surface area contributed by atoms with Crippen molar-refractivity contribution in [1.82, 2.24) is 9.47 Å². The summed E-state index contributed by atoms with van der Waals surface area (Å²) in [5, 5.41) is 1.42. The highest BCUT2D eigenvalue weighted by molar-refractivity contribution is 5.88. The highest BCUT2D eigenvalue weighted by Gasteiger charge is 2.21. The molecule has 1 atom stereocenters. The lowest BCUT2D eigenvalue weighted by Gasteiger charge is -2.23. The lowest BCUT2D eigenvalue weighted by atomic mass is 10.0. The maximum absolute atomic E-state index is 2.42. The van der Waals surface area contributed by atoms with Gasteiger partial charge in [0.25, 0.3) is 0 Å². The molecule has 0 bridgehead atoms. The summed E-state index contributed by atoms with van der Waals surface area (Å²) in [5.74, 6) is 0.467. The molecule has 116 valence electrons. The van der Waals surface area contributed by atoms with E-state index < -0.39 is 0 Å². The minimum atomic E-state index is 0.467. The molecule has 0 fully saturated rings. The molecule has 0 aliphatic carbocycles. The largest absolute Gasteiger partial charge is 0.320 e. The first-order valence-electron chi connectivity index (χ1n) is 8.22. The smallest absolute Gasteiger partial charge is 0.0528 e. The van der Waals surface area contributed by atoms with Crippen molar-refractivity contribution < 1.29 is 0 Å². The summed E-state index contributed by atoms with van der Waals surface area (Å²) >= 11 is 0. The average molecular weight is 294 g/mol. The fourth-order valence-electron chi connectivity index (χ4n) is 3.40. The molecule has 22 heavy (non-hydrogen) atoms. The molecular formula is C20H26N2. The zero-order valence-electron chi connectivity index (χ0n) is 14.1. The Morgan fingerprint density at radius 3 is 2.82 bits per heavy atom. The minimum absolute atomic E-state index is 0.467. The van der Waals surface area contributed by atoms with Crippen molar-refractivity contribution >= 4 is 17.1 Å². The fraction of sp³-hybridized carbons (Fsp3) is 0.400. The fourth-order valence-corrected chi connectivity index (χ4v) is 3.40. The molecule has 1 unspecified atom stereocenters. The monoisotopic (exact) mass is 294 g/mol. The Kier molecular flexibility index (Phi) is 4.21. The average Bonchev–Trinajstić information content (AvgIpc) is 2.78. The van der Waals surface area contributed by atoms with Gasteiger partial charge in [-0.1, -0.05) is 36.8 Å². The van der Waals surface area contributed by atoms with Gasteiger partial charge in [0.05, 0.1) is 5.52 Å². The quantitative estimate of drug-likeness (QED) is 0.750. The minimum Gasteiger partial charge on any atom is -0.320 e. The van der Waals surface area contributed by atoms with Crippen molar-refractivity contribution in [2.75, 3.05) is 13.6 Å². The Hall–Kier alpha value is -1.80. The van der Waals surface area contributed by atoms with Crippen LogP contribution < -0.4 is 0 Å². The van der Waals surface area contributed by atoms with Crippen LogP contribution in [-0.2, 0) is 13.0 Å². The topological polar surface area (TPSA) is 8.17 Å². The molecule has 0 saturated carbocycles. The first-order valence-corrected chi connectivity index (χ1v) is 8.22. The molecule has 1 aliphatic rings. The molecule has 1 aromatic carbocycles. The van der Waals surface area contributed by atoms with Crippen LogP contribution in [0.15, 0.2) is 36.4 Å². The third kappa shape index (κ3) is 2.76. The Morgan fingerprint density at radius 2 is 2.05 bits per heavy atom. The van der Waals surface area contributed by atoms with E-state index in [9.17, 15) is 0 Å². The van der Waals surface area contributed by atoms with Crippen molar-refractivity contribution in [1.29, 1.82) is 0 Å². The zero-order valence-corrected chi connectivity index (χ0v) is 14.1. The van der Waals surface area contributed by atoms with E-state index in [0.717, 1.165) is 19.5 Å². The zero-order chi connectivity index (χ0) is 15.7. The van der Waals surface area contributed by atoms with Gasteiger partial charge < -0.3 is 9.47 Å². The maximum Gasteiger partial charge on any atom is 0.0528 e. The van der Waals surface area contributed by atoms with Gasteiger partial charge in [-0.3, -0.25) is 0 Å². The Bertz CT molecular complexity index is 734. The van der Waals surface area contributed by atoms with Gasteiger partial charge in [-0.05, 0) is 44.5 Å². The van der Waals surface area contributed by atoms with E-state index in [2.05, 4.69) is 79.9 Å². The third-order valence-electron chi connectivity index (χ3n) is 4.57. The number of hydrogen-bond donors (Lipinski definition) is 0. The third-order valence-corrected chi connectivity index (χ3v) is 4.57. The standard InChI is InChI=1S/C20H26N2/c1-5-6-15(2)9-12-22-19-8-7-16(3)13-17(19)18-14-21(4)11-10-20(18)22/h5-9,12-13,15H,10-11,14H2,1-4H3/b6-5-,12-9+. The van der Waals surface area contributed by atoms with Crippen LogP contribution in [-0.4, -0.2) is 23.1 Å². The van der Waals surface area contributed by atoms with Crippen LogP contribution >= 0.6 is 0 Å². The number of fused-ring (bicyclic) bond motifs is 3. The van der Waals surface area contributed by atoms with Crippen LogP contribution in [0, 0.1) is 12.8 Å². The van der Waals surface area contributed by atoms with Gasteiger partial charge in [0, 0.05) is 36.8 Å². The highest BCUT2D eigenvalue weighted by atomic mass is 15.1. The van der Waals surface area contributed by atoms with Crippen LogP contribution in [0.3, 0.4) is 0 Å². The number of aromatic nitrogens is 1. The molecule has 2 nitrogen and oxygen atoms in total. The SMILES string of the molecule is C/C=C\C(C)/C=C/n1c2c(c3cc(C)ccc31)CN(C)CC2. The summed E-state index contributed by atoms with van der Waals surface area (Å²) in [6, 6.07) is 6.83. The Labute approximate surface area is 133 Å². The normalized spacial score (nSPS) is 17.6. The molecule has 2 aromatic rings. The van der Waals surface area contributed by atoms with Crippen LogP contribution in [0.5, 0.6) is 0 Å². The number of rotatable bonds is 3. The summed E-state index contributed by atoms with van der Waals surface area (Å²) in [4.78, 5) is 2.42. The molecule has 2 heteroatoms. The summed E-state index contributed by atoms with van der Waals surface area (Å²) in [5.41, 5.74) is 5.68. The van der Waals surface area contributed by atoms with Crippen LogP contribution in [0.4, 0.5) is 0 Å². The second-order valence-electron chi connectivity index (χ2n) is 6.53. The number of aryl methyl sites for hydroxylation is 1. The van der Waals surface area contributed by atoms with Crippen molar-refractivity contribution in [3.05, 3.63) is 53.2 Å². The first-order chi connectivity index (χ1) is 10.6. The molecule has 1 aromatic heterocycles. The maximum atomic E-state index is 2.42. The molecule has 2 heterocycles. The van der Waals surface area contributed by atoms with Gasteiger partial charge in [0.2, 0.25) is 0 Å². The molecule has 3 rings (SSSR count). The van der Waals surface area contributed by atoms with Crippen molar-refractivity contribution in [2.24, 2.45) is 5.92 Å². The van der Waals surface area contributed by atoms with Crippen LogP contribution in [0.25, 0.3) is 17.1 Å². The summed E-state index contributed by atoms with van der Waals surface area (Å²) in [6.07, 6.45) is 10.0. The van der Waals surface area contributed by atoms with Gasteiger partial charge >= 0.3 is 0 Å². The second kappa shape index (κ2) is 6.13. The van der Waals surface area contributed by atoms with Crippen LogP contribution in [0.2, 0.25) is 0 Å². The predicted octanol–water partition coefficient (Wildman–Crippen LogP) is 4.62. The summed E-state index contributed by atoms with van der Waals surface area (Å²) < 4.78 is 2.41. The van der Waals surface area contributed by atoms with E-state index in [1.165, 1.54) is 27.7 Å². The number of likely N-dealkylation sites (N-methyl/N-ethyl adjacent to an activating group) is 1. The van der Waals surface area contributed by atoms with Crippen LogP contribution in [0.1, 0.15) is 30.7 Å². The first kappa shape index (κ1) is 15.1. The number of hydrogen-bond acceptors (Lipinski definition) is 1. The van der Waals surface area contributed by atoms with Gasteiger partial charge in [-0.25, -0.2) is 0 Å². The summed E-state index contributed by atoms with van der Waals surface area (Å²) in [7, 11) is 2.21. The van der Waals surface area contributed by atoms with Gasteiger partial charge in [0.15, 0.2) is 0 Å². The van der Waals surface area contributed by atoms with E-state index in [1.807, 2.05) is 0 Å². The van der Waals surface area contributed by atoms with E-state index >= 15 is 0 Å². The van der Waals surface area contributed by atoms with E-state index in [4.69, 9.17) is 0 Å². The lowest BCUT2D eigenvalue weighted by molar-refractivity contribution is 0.312. The molecule has 0 N–H and O–H groups in total. The molecular weight excluding hydrogens is 268 g/mol. The van der Waals surface area contributed by atoms with E-state index in [1.54, 1.807) is 0 Å². The summed E-state index contributed by atoms with van der Waals surface area (Å²) in [6.45, 7) is 8.68. The van der Waals surface area contributed by atoms with Gasteiger partial charge in [-0.2, -0.15) is 0 Å². The van der Waals surface area contributed by atoms with Crippen molar-refractivity contribution in [2.45, 2.75) is 33.7 Å². The van der Waals surface area contributed by atoms with Gasteiger partial charge in [-0.15, -0.1) is 0 Å². The molecule has 0 spiro atoms. The Balaban J connectivity index is 2.13. The molecule has 0 radical (unpaired) electrons. The Morgan fingerprint density at radius 1 is 1.23 bits per heavy atom.